The molecule has 0 spiro atoms. The number of amides is 1. The van der Waals surface area contributed by atoms with Gasteiger partial charge in [0, 0.05) is 7.05 Å². The van der Waals surface area contributed by atoms with E-state index < -0.39 is 23.5 Å². The molecule has 0 aliphatic carbocycles. The van der Waals surface area contributed by atoms with Gasteiger partial charge in [0.05, 0.1) is 17.9 Å². The number of likely N-dealkylation sites (N-methyl/N-ethyl adjacent to an activating group) is 1. The number of carbonyl (C=O) groups excluding carboxylic acids is 2. The summed E-state index contributed by atoms with van der Waals surface area (Å²) in [6, 6.07) is 10.3. The maximum Gasteiger partial charge on any atom is 0.289 e. The molecule has 1 aromatic heterocycles. The fourth-order valence-corrected chi connectivity index (χ4v) is 2.75. The van der Waals surface area contributed by atoms with Crippen molar-refractivity contribution in [1.29, 1.82) is 0 Å². The molecule has 3 rings (SSSR count). The van der Waals surface area contributed by atoms with E-state index >= 15 is 0 Å². The van der Waals surface area contributed by atoms with Crippen molar-refractivity contribution in [1.82, 2.24) is 4.90 Å². The van der Waals surface area contributed by atoms with Crippen molar-refractivity contribution in [3.63, 3.8) is 0 Å². The first-order valence-corrected chi connectivity index (χ1v) is 7.52. The highest BCUT2D eigenvalue weighted by atomic mass is 16.3. The number of allylic oxidation sites excluding steroid dienone is 1. The number of aryl methyl sites for hydroxylation is 1. The van der Waals surface area contributed by atoms with Crippen molar-refractivity contribution in [2.75, 3.05) is 7.05 Å². The normalized spacial score (nSPS) is 18.0. The van der Waals surface area contributed by atoms with Crippen molar-refractivity contribution in [2.45, 2.75) is 13.0 Å². The zero-order valence-corrected chi connectivity index (χ0v) is 13.4. The summed E-state index contributed by atoms with van der Waals surface area (Å²) in [5, 5.41) is 10.2. The predicted octanol–water partition coefficient (Wildman–Crippen LogP) is 3.20. The number of aliphatic hydroxyl groups excluding tert-OH is 1. The van der Waals surface area contributed by atoms with Crippen LogP contribution in [0.2, 0.25) is 0 Å². The molecule has 0 fully saturated rings. The van der Waals surface area contributed by atoms with E-state index in [0.29, 0.717) is 5.76 Å². The third-order valence-corrected chi connectivity index (χ3v) is 4.04. The predicted molar refractivity (Wildman–Crippen MR) is 89.1 cm³/mol. The fraction of sp³-hybridized carbons (Fsp3) is 0.158. The maximum absolute atomic E-state index is 12.6. The number of furan rings is 1. The van der Waals surface area contributed by atoms with Crippen LogP contribution >= 0.6 is 0 Å². The van der Waals surface area contributed by atoms with Crippen LogP contribution in [-0.4, -0.2) is 28.7 Å². The third kappa shape index (κ3) is 2.76. The van der Waals surface area contributed by atoms with E-state index in [1.54, 1.807) is 19.2 Å². The molecule has 1 atom stereocenters. The summed E-state index contributed by atoms with van der Waals surface area (Å²) < 4.78 is 5.15. The standard InChI is InChI=1S/C19H17NO4/c1-12-5-7-13(8-6-12)17-16(18(22)19(23)20(17)2)15(21)10-9-14-4-3-11-24-14/h3-11,17,22H,1-2H3/b10-9+. The summed E-state index contributed by atoms with van der Waals surface area (Å²) in [5.41, 5.74) is 1.92. The van der Waals surface area contributed by atoms with Crippen molar-refractivity contribution in [2.24, 2.45) is 0 Å². The van der Waals surface area contributed by atoms with Gasteiger partial charge in [-0.2, -0.15) is 0 Å². The molecule has 0 radical (unpaired) electrons. The lowest BCUT2D eigenvalue weighted by atomic mass is 9.95. The molecular weight excluding hydrogens is 306 g/mol. The van der Waals surface area contributed by atoms with Crippen molar-refractivity contribution in [3.8, 4) is 0 Å². The highest BCUT2D eigenvalue weighted by molar-refractivity contribution is 6.14. The number of nitrogens with zero attached hydrogens (tertiary/aromatic N) is 1. The molecule has 1 aliphatic rings. The van der Waals surface area contributed by atoms with E-state index in [-0.39, 0.29) is 5.57 Å². The number of benzene rings is 1. The van der Waals surface area contributed by atoms with E-state index in [9.17, 15) is 14.7 Å². The maximum atomic E-state index is 12.6. The van der Waals surface area contributed by atoms with Gasteiger partial charge in [-0.1, -0.05) is 29.8 Å². The number of aliphatic hydroxyl groups is 1. The van der Waals surface area contributed by atoms with E-state index in [1.807, 2.05) is 31.2 Å². The Hall–Kier alpha value is -3.08. The topological polar surface area (TPSA) is 70.7 Å². The summed E-state index contributed by atoms with van der Waals surface area (Å²) >= 11 is 0. The average Bonchev–Trinajstić information content (AvgIpc) is 3.16. The molecule has 122 valence electrons. The van der Waals surface area contributed by atoms with Crippen molar-refractivity contribution in [3.05, 3.63) is 77.0 Å². The van der Waals surface area contributed by atoms with Crippen LogP contribution in [0.5, 0.6) is 0 Å². The molecule has 1 N–H and O–H groups in total. The summed E-state index contributed by atoms with van der Waals surface area (Å²) in [5.74, 6) is -0.965. The first-order chi connectivity index (χ1) is 11.5. The van der Waals surface area contributed by atoms with Gasteiger partial charge in [0.2, 0.25) is 0 Å². The zero-order valence-electron chi connectivity index (χ0n) is 13.4. The molecule has 1 aliphatic heterocycles. The van der Waals surface area contributed by atoms with Crippen LogP contribution in [0.1, 0.15) is 22.9 Å². The summed E-state index contributed by atoms with van der Waals surface area (Å²) in [6.45, 7) is 1.96. The van der Waals surface area contributed by atoms with Gasteiger partial charge in [0.1, 0.15) is 5.76 Å². The van der Waals surface area contributed by atoms with E-state index in [2.05, 4.69) is 0 Å². The minimum absolute atomic E-state index is 0.0779. The van der Waals surface area contributed by atoms with Gasteiger partial charge in [-0.25, -0.2) is 0 Å². The quantitative estimate of drug-likeness (QED) is 0.877. The first kappa shape index (κ1) is 15.8. The van der Waals surface area contributed by atoms with Gasteiger partial charge in [0.15, 0.2) is 11.5 Å². The molecule has 5 nitrogen and oxygen atoms in total. The SMILES string of the molecule is Cc1ccc(C2C(C(=O)/C=C/c3ccco3)=C(O)C(=O)N2C)cc1. The second kappa shape index (κ2) is 6.20. The van der Waals surface area contributed by atoms with Crippen LogP contribution in [0, 0.1) is 6.92 Å². The highest BCUT2D eigenvalue weighted by Gasteiger charge is 2.40. The lowest BCUT2D eigenvalue weighted by molar-refractivity contribution is -0.128. The van der Waals surface area contributed by atoms with Crippen LogP contribution in [-0.2, 0) is 9.59 Å². The van der Waals surface area contributed by atoms with Crippen molar-refractivity contribution >= 4 is 17.8 Å². The Morgan fingerprint density at radius 3 is 2.58 bits per heavy atom. The second-order valence-corrected chi connectivity index (χ2v) is 5.70. The Balaban J connectivity index is 1.97. The second-order valence-electron chi connectivity index (χ2n) is 5.70. The molecule has 1 unspecified atom stereocenters. The van der Waals surface area contributed by atoms with Crippen LogP contribution in [0.25, 0.3) is 6.08 Å². The number of rotatable bonds is 4. The van der Waals surface area contributed by atoms with Crippen LogP contribution in [0.3, 0.4) is 0 Å². The molecule has 0 saturated carbocycles. The Kier molecular flexibility index (Phi) is 4.08. The molecule has 2 aromatic rings. The Morgan fingerprint density at radius 1 is 1.25 bits per heavy atom. The monoisotopic (exact) mass is 323 g/mol. The molecule has 2 heterocycles. The van der Waals surface area contributed by atoms with Gasteiger partial charge < -0.3 is 14.4 Å². The van der Waals surface area contributed by atoms with E-state index in [0.717, 1.165) is 11.1 Å². The molecule has 1 amide bonds. The molecule has 5 heteroatoms. The lowest BCUT2D eigenvalue weighted by Gasteiger charge is -2.22. The Labute approximate surface area is 139 Å². The summed E-state index contributed by atoms with van der Waals surface area (Å²) in [7, 11) is 1.57. The van der Waals surface area contributed by atoms with E-state index in [1.165, 1.54) is 23.3 Å². The zero-order chi connectivity index (χ0) is 17.3. The number of hydrogen-bond donors (Lipinski definition) is 1. The van der Waals surface area contributed by atoms with Gasteiger partial charge >= 0.3 is 0 Å². The molecule has 0 bridgehead atoms. The van der Waals surface area contributed by atoms with Gasteiger partial charge in [0.25, 0.3) is 5.91 Å². The van der Waals surface area contributed by atoms with Gasteiger partial charge in [-0.15, -0.1) is 0 Å². The molecule has 0 saturated heterocycles. The smallest absolute Gasteiger partial charge is 0.289 e. The van der Waals surface area contributed by atoms with Crippen molar-refractivity contribution < 1.29 is 19.1 Å². The average molecular weight is 323 g/mol. The highest BCUT2D eigenvalue weighted by Crippen LogP contribution is 2.36. The van der Waals surface area contributed by atoms with E-state index in [4.69, 9.17) is 4.42 Å². The number of carbonyl (C=O) groups is 2. The minimum atomic E-state index is -0.605. The summed E-state index contributed by atoms with van der Waals surface area (Å²) in [4.78, 5) is 26.1. The van der Waals surface area contributed by atoms with Gasteiger partial charge in [-0.3, -0.25) is 9.59 Å². The van der Waals surface area contributed by atoms with Crippen LogP contribution in [0.4, 0.5) is 0 Å². The minimum Gasteiger partial charge on any atom is -0.503 e. The molecular formula is C19H17NO4. The Morgan fingerprint density at radius 2 is 1.96 bits per heavy atom. The largest absolute Gasteiger partial charge is 0.503 e. The first-order valence-electron chi connectivity index (χ1n) is 7.52. The lowest BCUT2D eigenvalue weighted by Crippen LogP contribution is -2.26. The third-order valence-electron chi connectivity index (χ3n) is 4.04. The van der Waals surface area contributed by atoms with Crippen LogP contribution in [0.15, 0.2) is 64.5 Å². The van der Waals surface area contributed by atoms with Gasteiger partial charge in [-0.05, 0) is 36.8 Å². The summed E-state index contributed by atoms with van der Waals surface area (Å²) in [6.07, 6.45) is 4.32. The van der Waals surface area contributed by atoms with Crippen LogP contribution < -0.4 is 0 Å². The number of ketones is 1. The Bertz CT molecular complexity index is 829. The number of hydrogen-bond acceptors (Lipinski definition) is 4. The molecule has 24 heavy (non-hydrogen) atoms. The fourth-order valence-electron chi connectivity index (χ4n) is 2.75. The molecule has 1 aromatic carbocycles.